The molecule has 6 aromatic heterocycles. The van der Waals surface area contributed by atoms with Crippen LogP contribution in [0.25, 0.3) is 68.9 Å². The van der Waals surface area contributed by atoms with Gasteiger partial charge in [0.15, 0.2) is 0 Å². The summed E-state index contributed by atoms with van der Waals surface area (Å²) in [5.41, 5.74) is 11.1. The Balaban J connectivity index is 1.50. The number of benzene rings is 2. The van der Waals surface area contributed by atoms with Crippen LogP contribution in [0.2, 0.25) is 0 Å². The fourth-order valence-electron chi connectivity index (χ4n) is 8.47. The van der Waals surface area contributed by atoms with Gasteiger partial charge in [0.1, 0.15) is 11.6 Å². The first kappa shape index (κ1) is 48.6. The SMILES string of the molecule is [C-]#[N+]/C(c1cc(C(=O)OC)ccn1)=c1/[nH]c(-c2ccc(-c3cc(C(C)(C)C)cc(C(C)(C)C)c3)s2)c2/c(=C(\C#N)c3cc(C)ccn3)[nH]c(-c3ccc(-c4cc(C(C)(C)C)cc(C(C)(C)C)c4)s3)c12. The van der Waals surface area contributed by atoms with E-state index in [2.05, 4.69) is 170 Å². The van der Waals surface area contributed by atoms with E-state index in [1.54, 1.807) is 41.0 Å². The Morgan fingerprint density at radius 1 is 0.609 bits per heavy atom. The Hall–Kier alpha value is -6.85. The van der Waals surface area contributed by atoms with Gasteiger partial charge in [0.25, 0.3) is 0 Å². The number of hydrogen-bond donors (Lipinski definition) is 2. The number of hydrogen-bond acceptors (Lipinski definition) is 7. The number of H-pyrrole nitrogens is 2. The third kappa shape index (κ3) is 9.62. The van der Waals surface area contributed by atoms with Crippen molar-refractivity contribution in [3.63, 3.8) is 0 Å². The van der Waals surface area contributed by atoms with Crippen molar-refractivity contribution in [2.75, 3.05) is 7.11 Å². The number of thiophene rings is 2. The quantitative estimate of drug-likeness (QED) is 0.122. The molecule has 0 bridgehead atoms. The molecule has 0 saturated carbocycles. The molecule has 0 unspecified atom stereocenters. The van der Waals surface area contributed by atoms with Crippen LogP contribution in [-0.2, 0) is 26.4 Å². The minimum atomic E-state index is -0.531. The first-order valence-corrected chi connectivity index (χ1v) is 24.8. The van der Waals surface area contributed by atoms with Crippen LogP contribution in [0.1, 0.15) is 133 Å². The van der Waals surface area contributed by atoms with E-state index in [1.807, 2.05) is 19.1 Å². The zero-order valence-electron chi connectivity index (χ0n) is 42.2. The second-order valence-corrected chi connectivity index (χ2v) is 24.2. The lowest BCUT2D eigenvalue weighted by Crippen LogP contribution is -2.16. The van der Waals surface area contributed by atoms with E-state index in [9.17, 15) is 10.1 Å². The Bertz CT molecular complexity index is 3360. The lowest BCUT2D eigenvalue weighted by Gasteiger charge is -2.26. The highest BCUT2D eigenvalue weighted by Gasteiger charge is 2.27. The number of fused-ring (bicyclic) bond motifs is 1. The highest BCUT2D eigenvalue weighted by atomic mass is 32.1. The van der Waals surface area contributed by atoms with Gasteiger partial charge in [0, 0.05) is 32.9 Å². The number of ether oxygens (including phenoxy) is 1. The van der Waals surface area contributed by atoms with Crippen LogP contribution in [0, 0.1) is 24.8 Å². The lowest BCUT2D eigenvalue weighted by molar-refractivity contribution is 0.0600. The maximum atomic E-state index is 12.9. The Morgan fingerprint density at radius 2 is 1.04 bits per heavy atom. The summed E-state index contributed by atoms with van der Waals surface area (Å²) in [5.74, 6) is -0.531. The van der Waals surface area contributed by atoms with Gasteiger partial charge in [-0.1, -0.05) is 95.2 Å². The van der Waals surface area contributed by atoms with Crippen molar-refractivity contribution in [2.24, 2.45) is 0 Å². The summed E-state index contributed by atoms with van der Waals surface area (Å²) in [6.07, 6.45) is 3.25. The largest absolute Gasteiger partial charge is 0.465 e. The lowest BCUT2D eigenvalue weighted by atomic mass is 9.79. The molecule has 8 nitrogen and oxygen atoms in total. The first-order valence-electron chi connectivity index (χ1n) is 23.2. The van der Waals surface area contributed by atoms with Gasteiger partial charge < -0.3 is 14.7 Å². The van der Waals surface area contributed by atoms with E-state index in [1.165, 1.54) is 35.6 Å². The van der Waals surface area contributed by atoms with E-state index >= 15 is 0 Å². The molecule has 0 amide bonds. The molecule has 350 valence electrons. The predicted molar refractivity (Wildman–Crippen MR) is 286 cm³/mol. The number of nitrogens with one attached hydrogen (secondary N) is 2. The molecule has 8 aromatic rings. The van der Waals surface area contributed by atoms with E-state index < -0.39 is 5.97 Å². The molecule has 0 aliphatic heterocycles. The molecule has 2 N–H and O–H groups in total. The van der Waals surface area contributed by atoms with Crippen LogP contribution in [0.4, 0.5) is 0 Å². The number of carbonyl (C=O) groups is 1. The molecule has 0 aliphatic rings. The fourth-order valence-corrected chi connectivity index (χ4v) is 10.5. The van der Waals surface area contributed by atoms with Gasteiger partial charge in [-0.3, -0.25) is 9.97 Å². The van der Waals surface area contributed by atoms with E-state index in [4.69, 9.17) is 16.3 Å². The van der Waals surface area contributed by atoms with Gasteiger partial charge in [-0.05, 0) is 140 Å². The van der Waals surface area contributed by atoms with Crippen molar-refractivity contribution in [1.29, 1.82) is 5.26 Å². The number of carbonyl (C=O) groups excluding carboxylic acids is 1. The Labute approximate surface area is 414 Å². The van der Waals surface area contributed by atoms with E-state index in [0.29, 0.717) is 27.7 Å². The molecule has 69 heavy (non-hydrogen) atoms. The molecule has 0 atom stereocenters. The third-order valence-electron chi connectivity index (χ3n) is 12.7. The zero-order chi connectivity index (χ0) is 50.0. The second-order valence-electron chi connectivity index (χ2n) is 22.0. The highest BCUT2D eigenvalue weighted by molar-refractivity contribution is 7.19. The molecular formula is C59H60N6O2S2. The van der Waals surface area contributed by atoms with E-state index in [0.717, 1.165) is 58.4 Å². The van der Waals surface area contributed by atoms with Gasteiger partial charge in [-0.15, -0.1) is 22.7 Å². The fraction of sp³-hybridized carbons (Fsp3) is 0.305. The van der Waals surface area contributed by atoms with E-state index in [-0.39, 0.29) is 32.9 Å². The minimum absolute atomic E-state index is 0.0719. The normalized spacial score (nSPS) is 13.3. The average molecular weight is 949 g/mol. The number of aromatic amines is 2. The molecule has 0 fully saturated rings. The van der Waals surface area contributed by atoms with Crippen LogP contribution in [0.5, 0.6) is 0 Å². The smallest absolute Gasteiger partial charge is 0.337 e. The molecule has 0 aliphatic carbocycles. The van der Waals surface area contributed by atoms with Crippen molar-refractivity contribution in [2.45, 2.75) is 112 Å². The standard InChI is InChI=1S/C59H60N6O2S2/c1-33-20-22-62-42(24-33)41(32-60)50-48-49(53(64-50)47-19-17-45(69-47)36-27-39(58(8,9)10)31-40(28-36)59(11,12)13)54(51(61-14)43-29-34(21-23-63-43)55(66)67-15)65-52(48)46-18-16-44(68-46)35-25-37(56(2,3)4)30-38(26-35)57(5,6)7/h16-31,64-65H,1-13,15H3/b50-41-,54-51+. The van der Waals surface area contributed by atoms with Crippen molar-refractivity contribution in [3.05, 3.63) is 164 Å². The predicted octanol–water partition coefficient (Wildman–Crippen LogP) is 14.2. The molecule has 8 rings (SSSR count). The Kier molecular flexibility index (Phi) is 12.6. The molecule has 6 heterocycles. The summed E-state index contributed by atoms with van der Waals surface area (Å²) < 4.78 is 5.09. The topological polar surface area (TPSA) is 112 Å². The third-order valence-corrected chi connectivity index (χ3v) is 15.0. The van der Waals surface area contributed by atoms with Gasteiger partial charge in [0.05, 0.1) is 62.5 Å². The number of nitrogens with zero attached hydrogens (tertiary/aromatic N) is 4. The number of methoxy groups -OCH3 is 1. The number of esters is 1. The molecule has 2 aromatic carbocycles. The summed E-state index contributed by atoms with van der Waals surface area (Å²) in [6, 6.07) is 32.0. The maximum absolute atomic E-state index is 12.9. The summed E-state index contributed by atoms with van der Waals surface area (Å²) in [7, 11) is 1.33. The number of aryl methyl sites for hydroxylation is 1. The summed E-state index contributed by atoms with van der Waals surface area (Å²) >= 11 is 3.31. The van der Waals surface area contributed by atoms with Crippen molar-refractivity contribution in [1.82, 2.24) is 19.9 Å². The van der Waals surface area contributed by atoms with Gasteiger partial charge in [-0.25, -0.2) is 9.64 Å². The number of pyridine rings is 2. The van der Waals surface area contributed by atoms with Crippen LogP contribution < -0.4 is 10.7 Å². The summed E-state index contributed by atoms with van der Waals surface area (Å²) in [4.78, 5) is 38.0. The summed E-state index contributed by atoms with van der Waals surface area (Å²) in [5, 5.41) is 13.7. The monoisotopic (exact) mass is 948 g/mol. The van der Waals surface area contributed by atoms with Crippen LogP contribution in [0.3, 0.4) is 0 Å². The van der Waals surface area contributed by atoms with Crippen LogP contribution in [-0.4, -0.2) is 33.0 Å². The van der Waals surface area contributed by atoms with Crippen molar-refractivity contribution >= 4 is 50.7 Å². The van der Waals surface area contributed by atoms with Gasteiger partial charge >= 0.3 is 5.97 Å². The average Bonchev–Trinajstić information content (AvgIpc) is 4.11. The van der Waals surface area contributed by atoms with Crippen molar-refractivity contribution < 1.29 is 9.53 Å². The van der Waals surface area contributed by atoms with Crippen molar-refractivity contribution in [3.8, 4) is 48.1 Å². The minimum Gasteiger partial charge on any atom is -0.465 e. The first-order chi connectivity index (χ1) is 32.4. The number of rotatable bonds is 7. The molecule has 10 heteroatoms. The van der Waals surface area contributed by atoms with Crippen LogP contribution in [0.15, 0.2) is 97.3 Å². The van der Waals surface area contributed by atoms with Gasteiger partial charge in [-0.2, -0.15) is 5.26 Å². The molecule has 0 spiro atoms. The van der Waals surface area contributed by atoms with Gasteiger partial charge in [0.2, 0.25) is 5.70 Å². The zero-order valence-corrected chi connectivity index (χ0v) is 43.8. The molecule has 0 saturated heterocycles. The highest BCUT2D eigenvalue weighted by Crippen LogP contribution is 2.43. The number of nitriles is 1. The molecular weight excluding hydrogens is 889 g/mol. The molecule has 0 radical (unpaired) electrons. The maximum Gasteiger partial charge on any atom is 0.337 e. The number of aromatic nitrogens is 4. The Morgan fingerprint density at radius 3 is 1.48 bits per heavy atom. The summed E-state index contributed by atoms with van der Waals surface area (Å²) in [6.45, 7) is 37.7. The van der Waals surface area contributed by atoms with Crippen LogP contribution >= 0.6 is 22.7 Å². The second kappa shape index (κ2) is 17.9.